The molecule has 0 fully saturated rings. The minimum Gasteiger partial charge on any atom is -0.382 e. The average Bonchev–Trinajstić information content (AvgIpc) is 3.28. The number of aryl methyl sites for hydroxylation is 1. The molecule has 0 aliphatic rings. The number of anilines is 1. The summed E-state index contributed by atoms with van der Waals surface area (Å²) in [6, 6.07) is 7.05. The normalized spacial score (nSPS) is 11.0. The van der Waals surface area contributed by atoms with E-state index in [9.17, 15) is 0 Å². The maximum Gasteiger partial charge on any atom is 0.252 e. The van der Waals surface area contributed by atoms with Crippen LogP contribution in [0.15, 0.2) is 59.3 Å². The zero-order valence-electron chi connectivity index (χ0n) is 14.7. The summed E-state index contributed by atoms with van der Waals surface area (Å²) in [5, 5.41) is 16.9. The van der Waals surface area contributed by atoms with E-state index >= 15 is 0 Å². The van der Waals surface area contributed by atoms with Crippen molar-refractivity contribution >= 4 is 23.0 Å². The molecule has 136 valence electrons. The molecule has 11 heteroatoms. The van der Waals surface area contributed by atoms with Gasteiger partial charge < -0.3 is 5.73 Å². The van der Waals surface area contributed by atoms with Crippen molar-refractivity contribution in [1.82, 2.24) is 34.5 Å². The quantitative estimate of drug-likeness (QED) is 0.433. The van der Waals surface area contributed by atoms with Gasteiger partial charge in [0.1, 0.15) is 0 Å². The Hall–Kier alpha value is -4.46. The molecule has 4 heterocycles. The Labute approximate surface area is 159 Å². The standard InChI is InChI=1S/C17H13N11/c1-11-14(15(18)28(26-11)17-21-8-5-9-22-17)24-25-16-12(19-2)10-23-27(16)13-6-3-4-7-20-13/h3-10H,18H2,1H3. The lowest BCUT2D eigenvalue weighted by Crippen LogP contribution is -2.05. The van der Waals surface area contributed by atoms with Crippen molar-refractivity contribution in [2.45, 2.75) is 6.92 Å². The Morgan fingerprint density at radius 1 is 1.04 bits per heavy atom. The largest absolute Gasteiger partial charge is 0.382 e. The lowest BCUT2D eigenvalue weighted by atomic mass is 10.4. The molecule has 0 aromatic carbocycles. The van der Waals surface area contributed by atoms with Crippen LogP contribution in [-0.2, 0) is 0 Å². The first-order chi connectivity index (χ1) is 13.7. The summed E-state index contributed by atoms with van der Waals surface area (Å²) in [7, 11) is 0. The number of aromatic nitrogens is 7. The van der Waals surface area contributed by atoms with Crippen LogP contribution in [0, 0.1) is 13.5 Å². The molecule has 2 N–H and O–H groups in total. The highest BCUT2D eigenvalue weighted by atomic mass is 15.4. The van der Waals surface area contributed by atoms with Crippen molar-refractivity contribution in [1.29, 1.82) is 0 Å². The van der Waals surface area contributed by atoms with E-state index in [0.29, 0.717) is 23.1 Å². The summed E-state index contributed by atoms with van der Waals surface area (Å²) >= 11 is 0. The van der Waals surface area contributed by atoms with E-state index in [1.54, 1.807) is 43.7 Å². The first-order valence-corrected chi connectivity index (χ1v) is 8.10. The number of nitrogens with two attached hydrogens (primary N) is 1. The summed E-state index contributed by atoms with van der Waals surface area (Å²) < 4.78 is 2.82. The fourth-order valence-corrected chi connectivity index (χ4v) is 2.46. The van der Waals surface area contributed by atoms with Crippen molar-refractivity contribution in [2.75, 3.05) is 5.73 Å². The van der Waals surface area contributed by atoms with Crippen molar-refractivity contribution in [3.05, 3.63) is 66.2 Å². The third-order valence-corrected chi connectivity index (χ3v) is 3.76. The van der Waals surface area contributed by atoms with E-state index in [1.165, 1.54) is 15.6 Å². The number of hydrogen-bond acceptors (Lipinski definition) is 8. The lowest BCUT2D eigenvalue weighted by molar-refractivity contribution is 0.805. The zero-order chi connectivity index (χ0) is 19.5. The van der Waals surface area contributed by atoms with Gasteiger partial charge in [0.05, 0.1) is 18.5 Å². The van der Waals surface area contributed by atoms with Crippen LogP contribution < -0.4 is 5.73 Å². The maximum atomic E-state index is 7.34. The smallest absolute Gasteiger partial charge is 0.252 e. The molecular weight excluding hydrogens is 358 g/mol. The van der Waals surface area contributed by atoms with Crippen molar-refractivity contribution in [3.63, 3.8) is 0 Å². The molecule has 11 nitrogen and oxygen atoms in total. The molecule has 0 bridgehead atoms. The predicted molar refractivity (Wildman–Crippen MR) is 100 cm³/mol. The van der Waals surface area contributed by atoms with Gasteiger partial charge in [-0.05, 0) is 25.1 Å². The second-order valence-corrected chi connectivity index (χ2v) is 5.54. The molecule has 0 saturated heterocycles. The molecule has 0 aliphatic heterocycles. The summed E-state index contributed by atoms with van der Waals surface area (Å²) in [5.74, 6) is 1.33. The number of hydrogen-bond donors (Lipinski definition) is 1. The second kappa shape index (κ2) is 7.04. The van der Waals surface area contributed by atoms with Crippen LogP contribution in [0.25, 0.3) is 16.6 Å². The van der Waals surface area contributed by atoms with Crippen LogP contribution in [0.5, 0.6) is 0 Å². The SMILES string of the molecule is [C-]#[N+]c1cnn(-c2ccccn2)c1N=Nc1c(C)nn(-c2ncccn2)c1N. The third-order valence-electron chi connectivity index (χ3n) is 3.76. The molecule has 4 aromatic rings. The van der Waals surface area contributed by atoms with E-state index in [2.05, 4.69) is 40.2 Å². The van der Waals surface area contributed by atoms with E-state index in [1.807, 2.05) is 6.07 Å². The molecule has 0 unspecified atom stereocenters. The summed E-state index contributed by atoms with van der Waals surface area (Å²) in [5.41, 5.74) is 7.31. The van der Waals surface area contributed by atoms with Gasteiger partial charge in [0.25, 0.3) is 11.6 Å². The lowest BCUT2D eigenvalue weighted by Gasteiger charge is -2.02. The van der Waals surface area contributed by atoms with Gasteiger partial charge in [-0.15, -0.1) is 10.2 Å². The van der Waals surface area contributed by atoms with Crippen LogP contribution in [-0.4, -0.2) is 34.5 Å². The van der Waals surface area contributed by atoms with Gasteiger partial charge >= 0.3 is 0 Å². The Morgan fingerprint density at radius 3 is 2.54 bits per heavy atom. The third kappa shape index (κ3) is 2.95. The summed E-state index contributed by atoms with van der Waals surface area (Å²) in [6.07, 6.45) is 6.22. The van der Waals surface area contributed by atoms with Crippen LogP contribution in [0.1, 0.15) is 5.69 Å². The van der Waals surface area contributed by atoms with Crippen molar-refractivity contribution in [2.24, 2.45) is 10.2 Å². The van der Waals surface area contributed by atoms with Crippen LogP contribution in [0.3, 0.4) is 0 Å². The van der Waals surface area contributed by atoms with Crippen LogP contribution in [0.4, 0.5) is 23.0 Å². The van der Waals surface area contributed by atoms with Gasteiger partial charge in [0, 0.05) is 18.6 Å². The number of azo groups is 1. The fraction of sp³-hybridized carbons (Fsp3) is 0.0588. The predicted octanol–water partition coefficient (Wildman–Crippen LogP) is 3.10. The number of pyridine rings is 1. The number of nitrogen functional groups attached to an aromatic ring is 1. The van der Waals surface area contributed by atoms with E-state index in [0.717, 1.165) is 0 Å². The van der Waals surface area contributed by atoms with E-state index in [-0.39, 0.29) is 17.3 Å². The Morgan fingerprint density at radius 2 is 1.82 bits per heavy atom. The van der Waals surface area contributed by atoms with Crippen molar-refractivity contribution in [3.8, 4) is 11.8 Å². The molecule has 0 amide bonds. The first-order valence-electron chi connectivity index (χ1n) is 8.10. The molecule has 4 aromatic heterocycles. The minimum atomic E-state index is 0.237. The summed E-state index contributed by atoms with van der Waals surface area (Å²) in [6.45, 7) is 9.08. The maximum absolute atomic E-state index is 7.34. The average molecular weight is 371 g/mol. The van der Waals surface area contributed by atoms with E-state index < -0.39 is 0 Å². The Bertz CT molecular complexity index is 1180. The highest BCUT2D eigenvalue weighted by molar-refractivity contribution is 5.65. The highest BCUT2D eigenvalue weighted by Gasteiger charge is 2.17. The van der Waals surface area contributed by atoms with Gasteiger partial charge in [-0.25, -0.2) is 24.5 Å². The molecule has 0 radical (unpaired) electrons. The van der Waals surface area contributed by atoms with Gasteiger partial charge in [0.2, 0.25) is 0 Å². The highest BCUT2D eigenvalue weighted by Crippen LogP contribution is 2.34. The topological polar surface area (TPSA) is 129 Å². The molecule has 0 atom stereocenters. The molecule has 0 aliphatic carbocycles. The van der Waals surface area contributed by atoms with Gasteiger partial charge in [-0.2, -0.15) is 14.9 Å². The van der Waals surface area contributed by atoms with Crippen LogP contribution >= 0.6 is 0 Å². The van der Waals surface area contributed by atoms with E-state index in [4.69, 9.17) is 12.3 Å². The van der Waals surface area contributed by atoms with Gasteiger partial charge in [-0.3, -0.25) is 0 Å². The molecule has 28 heavy (non-hydrogen) atoms. The fourth-order valence-electron chi connectivity index (χ4n) is 2.46. The molecular formula is C17H13N11. The zero-order valence-corrected chi connectivity index (χ0v) is 14.7. The summed E-state index contributed by atoms with van der Waals surface area (Å²) in [4.78, 5) is 15.9. The number of nitrogens with zero attached hydrogens (tertiary/aromatic N) is 10. The second-order valence-electron chi connectivity index (χ2n) is 5.54. The van der Waals surface area contributed by atoms with Gasteiger partial charge in [0.15, 0.2) is 23.1 Å². The number of rotatable bonds is 4. The molecule has 4 rings (SSSR count). The van der Waals surface area contributed by atoms with Crippen molar-refractivity contribution < 1.29 is 0 Å². The minimum absolute atomic E-state index is 0.237. The molecule has 0 spiro atoms. The first kappa shape index (κ1) is 17.0. The Kier molecular flexibility index (Phi) is 4.27. The Balaban J connectivity index is 1.76. The van der Waals surface area contributed by atoms with Gasteiger partial charge in [-0.1, -0.05) is 6.07 Å². The van der Waals surface area contributed by atoms with Crippen LogP contribution in [0.2, 0.25) is 0 Å². The molecule has 0 saturated carbocycles. The monoisotopic (exact) mass is 371 g/mol.